The Kier molecular flexibility index (Phi) is 2.93. The standard InChI is InChI=1S/C19H29NO2/c1-17-9-8-16(21)20-15(17)5-4-12-13(17)6-10-18(2)14(12)7-11-19(18,3)22/h5,12-14,22H,4,6-11H2,1-3H3,(H,20,21)/t12-,13+,14+,17-,18+,19-/m1/s1. The average Bonchev–Trinajstić information content (AvgIpc) is 2.70. The van der Waals surface area contributed by atoms with Crippen LogP contribution in [0, 0.1) is 28.6 Å². The molecule has 0 unspecified atom stereocenters. The van der Waals surface area contributed by atoms with Crippen LogP contribution in [-0.4, -0.2) is 16.6 Å². The van der Waals surface area contributed by atoms with Gasteiger partial charge in [0.2, 0.25) is 5.91 Å². The lowest BCUT2D eigenvalue weighted by molar-refractivity contribution is -0.128. The molecule has 0 aromatic carbocycles. The summed E-state index contributed by atoms with van der Waals surface area (Å²) in [6.45, 7) is 6.75. The van der Waals surface area contributed by atoms with E-state index in [1.54, 1.807) is 0 Å². The van der Waals surface area contributed by atoms with Crippen LogP contribution in [0.2, 0.25) is 0 Å². The molecular weight excluding hydrogens is 274 g/mol. The molecular formula is C19H29NO2. The van der Waals surface area contributed by atoms with Crippen LogP contribution >= 0.6 is 0 Å². The summed E-state index contributed by atoms with van der Waals surface area (Å²) < 4.78 is 0. The zero-order valence-electron chi connectivity index (χ0n) is 14.1. The highest BCUT2D eigenvalue weighted by atomic mass is 16.3. The maximum absolute atomic E-state index is 11.8. The number of rotatable bonds is 0. The number of nitrogens with one attached hydrogen (secondary N) is 1. The summed E-state index contributed by atoms with van der Waals surface area (Å²) in [5.74, 6) is 2.16. The van der Waals surface area contributed by atoms with Gasteiger partial charge in [0.15, 0.2) is 0 Å². The minimum Gasteiger partial charge on any atom is -0.390 e. The Labute approximate surface area is 133 Å². The third-order valence-electron chi connectivity index (χ3n) is 8.17. The number of hydrogen-bond acceptors (Lipinski definition) is 2. The SMILES string of the molecule is C[C@]12CCC(=O)NC1=CC[C@@H]1[C@@H]2CC[C@@]2(C)[C@H]1CC[C@@]2(C)O. The van der Waals surface area contributed by atoms with Crippen molar-refractivity contribution < 1.29 is 9.90 Å². The molecule has 3 nitrogen and oxygen atoms in total. The Bertz CT molecular complexity index is 552. The fraction of sp³-hybridized carbons (Fsp3) is 0.842. The monoisotopic (exact) mass is 303 g/mol. The van der Waals surface area contributed by atoms with Crippen LogP contribution in [0.15, 0.2) is 11.8 Å². The Hall–Kier alpha value is -0.830. The molecule has 1 heterocycles. The van der Waals surface area contributed by atoms with Crippen molar-refractivity contribution in [2.24, 2.45) is 28.6 Å². The van der Waals surface area contributed by atoms with Crippen molar-refractivity contribution in [3.8, 4) is 0 Å². The maximum Gasteiger partial charge on any atom is 0.224 e. The topological polar surface area (TPSA) is 49.3 Å². The summed E-state index contributed by atoms with van der Waals surface area (Å²) in [6, 6.07) is 0. The van der Waals surface area contributed by atoms with Gasteiger partial charge < -0.3 is 10.4 Å². The molecule has 6 atom stereocenters. The van der Waals surface area contributed by atoms with Crippen LogP contribution in [0.5, 0.6) is 0 Å². The van der Waals surface area contributed by atoms with E-state index in [9.17, 15) is 9.90 Å². The predicted molar refractivity (Wildman–Crippen MR) is 85.9 cm³/mol. The van der Waals surface area contributed by atoms with Crippen LogP contribution in [-0.2, 0) is 4.79 Å². The summed E-state index contributed by atoms with van der Waals surface area (Å²) in [5, 5.41) is 14.0. The van der Waals surface area contributed by atoms with Crippen molar-refractivity contribution in [3.63, 3.8) is 0 Å². The Morgan fingerprint density at radius 2 is 1.86 bits per heavy atom. The molecule has 3 fully saturated rings. The molecule has 4 rings (SSSR count). The molecule has 0 spiro atoms. The number of carbonyl (C=O) groups excluding carboxylic acids is 1. The number of amides is 1. The molecule has 2 saturated carbocycles. The van der Waals surface area contributed by atoms with E-state index in [4.69, 9.17) is 0 Å². The Morgan fingerprint density at radius 1 is 1.14 bits per heavy atom. The van der Waals surface area contributed by atoms with Gasteiger partial charge in [0.1, 0.15) is 0 Å². The summed E-state index contributed by atoms with van der Waals surface area (Å²) >= 11 is 0. The van der Waals surface area contributed by atoms with E-state index >= 15 is 0 Å². The molecule has 1 saturated heterocycles. The second-order valence-electron chi connectivity index (χ2n) is 8.96. The van der Waals surface area contributed by atoms with Gasteiger partial charge in [-0.15, -0.1) is 0 Å². The molecule has 0 radical (unpaired) electrons. The van der Waals surface area contributed by atoms with Crippen LogP contribution in [0.25, 0.3) is 0 Å². The van der Waals surface area contributed by atoms with Gasteiger partial charge in [-0.05, 0) is 68.6 Å². The molecule has 1 aliphatic heterocycles. The molecule has 2 N–H and O–H groups in total. The second-order valence-corrected chi connectivity index (χ2v) is 8.96. The largest absolute Gasteiger partial charge is 0.390 e. The lowest BCUT2D eigenvalue weighted by Crippen LogP contribution is -2.55. The lowest BCUT2D eigenvalue weighted by atomic mass is 9.48. The van der Waals surface area contributed by atoms with E-state index in [-0.39, 0.29) is 16.7 Å². The first kappa shape index (κ1) is 14.7. The third kappa shape index (κ3) is 1.69. The van der Waals surface area contributed by atoms with Gasteiger partial charge in [0.05, 0.1) is 5.60 Å². The number of hydrogen-bond donors (Lipinski definition) is 2. The second kappa shape index (κ2) is 4.37. The lowest BCUT2D eigenvalue weighted by Gasteiger charge is -2.58. The maximum atomic E-state index is 11.8. The highest BCUT2D eigenvalue weighted by Crippen LogP contribution is 2.66. The Morgan fingerprint density at radius 3 is 2.64 bits per heavy atom. The van der Waals surface area contributed by atoms with E-state index < -0.39 is 5.60 Å². The van der Waals surface area contributed by atoms with Gasteiger partial charge in [-0.25, -0.2) is 0 Å². The highest BCUT2D eigenvalue weighted by molar-refractivity contribution is 5.79. The minimum atomic E-state index is -0.506. The molecule has 122 valence electrons. The van der Waals surface area contributed by atoms with E-state index in [0.717, 1.165) is 32.1 Å². The molecule has 0 aromatic heterocycles. The van der Waals surface area contributed by atoms with Crippen LogP contribution < -0.4 is 5.32 Å². The van der Waals surface area contributed by atoms with Crippen molar-refractivity contribution in [1.82, 2.24) is 5.32 Å². The molecule has 4 aliphatic rings. The van der Waals surface area contributed by atoms with Gasteiger partial charge in [0, 0.05) is 17.5 Å². The normalized spacial score (nSPS) is 53.9. The summed E-state index contributed by atoms with van der Waals surface area (Å²) in [5.41, 5.74) is 0.910. The van der Waals surface area contributed by atoms with Crippen molar-refractivity contribution in [1.29, 1.82) is 0 Å². The van der Waals surface area contributed by atoms with Crippen LogP contribution in [0.1, 0.15) is 65.7 Å². The summed E-state index contributed by atoms with van der Waals surface area (Å²) in [7, 11) is 0. The van der Waals surface area contributed by atoms with Crippen molar-refractivity contribution >= 4 is 5.91 Å². The van der Waals surface area contributed by atoms with E-state index in [2.05, 4.69) is 32.2 Å². The first-order valence-corrected chi connectivity index (χ1v) is 9.01. The van der Waals surface area contributed by atoms with Crippen molar-refractivity contribution in [3.05, 3.63) is 11.8 Å². The van der Waals surface area contributed by atoms with Crippen LogP contribution in [0.4, 0.5) is 0 Å². The quantitative estimate of drug-likeness (QED) is 0.720. The predicted octanol–water partition coefficient (Wildman–Crippen LogP) is 3.38. The first-order chi connectivity index (χ1) is 10.3. The molecule has 22 heavy (non-hydrogen) atoms. The third-order valence-corrected chi connectivity index (χ3v) is 8.17. The highest BCUT2D eigenvalue weighted by Gasteiger charge is 2.62. The fourth-order valence-electron chi connectivity index (χ4n) is 6.44. The van der Waals surface area contributed by atoms with Gasteiger partial charge in [-0.3, -0.25) is 4.79 Å². The van der Waals surface area contributed by atoms with Gasteiger partial charge >= 0.3 is 0 Å². The molecule has 1 amide bonds. The van der Waals surface area contributed by atoms with E-state index in [1.165, 1.54) is 12.1 Å². The molecule has 0 bridgehead atoms. The van der Waals surface area contributed by atoms with Gasteiger partial charge in [-0.2, -0.15) is 0 Å². The molecule has 3 heteroatoms. The van der Waals surface area contributed by atoms with Gasteiger partial charge in [0.25, 0.3) is 0 Å². The minimum absolute atomic E-state index is 0.0772. The average molecular weight is 303 g/mol. The zero-order chi connectivity index (χ0) is 15.8. The van der Waals surface area contributed by atoms with Gasteiger partial charge in [-0.1, -0.05) is 19.9 Å². The smallest absolute Gasteiger partial charge is 0.224 e. The van der Waals surface area contributed by atoms with Crippen LogP contribution in [0.3, 0.4) is 0 Å². The van der Waals surface area contributed by atoms with E-state index in [1.807, 2.05) is 0 Å². The summed E-state index contributed by atoms with van der Waals surface area (Å²) in [4.78, 5) is 11.8. The fourth-order valence-corrected chi connectivity index (χ4v) is 6.44. The number of allylic oxidation sites excluding steroid dienone is 2. The summed E-state index contributed by atoms with van der Waals surface area (Å²) in [6.07, 6.45) is 9.46. The number of fused-ring (bicyclic) bond motifs is 5. The van der Waals surface area contributed by atoms with Crippen molar-refractivity contribution in [2.75, 3.05) is 0 Å². The zero-order valence-corrected chi connectivity index (χ0v) is 14.1. The number of piperidine rings is 1. The Balaban J connectivity index is 1.70. The molecule has 0 aromatic rings. The van der Waals surface area contributed by atoms with Crippen molar-refractivity contribution in [2.45, 2.75) is 71.3 Å². The first-order valence-electron chi connectivity index (χ1n) is 9.01. The number of aliphatic hydroxyl groups is 1. The number of carbonyl (C=O) groups is 1. The van der Waals surface area contributed by atoms with E-state index in [0.29, 0.717) is 24.2 Å². The molecule has 3 aliphatic carbocycles.